The SMILES string of the molecule is CN1N=NC2C=C1CCCCC[C@@]2(C)F. The van der Waals surface area contributed by atoms with Crippen LogP contribution in [-0.2, 0) is 0 Å². The van der Waals surface area contributed by atoms with Crippen LogP contribution >= 0.6 is 0 Å². The fourth-order valence-corrected chi connectivity index (χ4v) is 2.15. The Hall–Kier alpha value is -0.930. The summed E-state index contributed by atoms with van der Waals surface area (Å²) in [5.74, 6) is 0. The maximum absolute atomic E-state index is 14.3. The maximum atomic E-state index is 14.3. The third kappa shape index (κ3) is 2.19. The Balaban J connectivity index is 2.25. The molecule has 0 aromatic rings. The first kappa shape index (κ1) is 10.6. The van der Waals surface area contributed by atoms with E-state index in [2.05, 4.69) is 10.3 Å². The third-order valence-corrected chi connectivity index (χ3v) is 3.29. The molecule has 4 heteroatoms. The molecule has 2 atom stereocenters. The second-order valence-corrected chi connectivity index (χ2v) is 4.67. The van der Waals surface area contributed by atoms with E-state index in [4.69, 9.17) is 0 Å². The van der Waals surface area contributed by atoms with Crippen molar-refractivity contribution in [1.82, 2.24) is 5.01 Å². The summed E-state index contributed by atoms with van der Waals surface area (Å²) in [5.41, 5.74) is -0.124. The van der Waals surface area contributed by atoms with Crippen LogP contribution in [0, 0.1) is 0 Å². The lowest BCUT2D eigenvalue weighted by Gasteiger charge is -2.28. The molecule has 1 heterocycles. The Bertz CT molecular complexity index is 296. The van der Waals surface area contributed by atoms with Crippen LogP contribution in [0.15, 0.2) is 22.1 Å². The van der Waals surface area contributed by atoms with Gasteiger partial charge >= 0.3 is 0 Å². The molecule has 0 saturated carbocycles. The normalized spacial score (nSPS) is 36.6. The summed E-state index contributed by atoms with van der Waals surface area (Å²) in [6.45, 7) is 1.64. The van der Waals surface area contributed by atoms with Gasteiger partial charge in [-0.1, -0.05) is 18.1 Å². The topological polar surface area (TPSA) is 28.0 Å². The lowest BCUT2D eigenvalue weighted by Crippen LogP contribution is -2.34. The Morgan fingerprint density at radius 3 is 3.07 bits per heavy atom. The predicted octanol–water partition coefficient (Wildman–Crippen LogP) is 3.24. The van der Waals surface area contributed by atoms with Gasteiger partial charge in [-0.05, 0) is 32.3 Å². The summed E-state index contributed by atoms with van der Waals surface area (Å²) in [6, 6.07) is -0.387. The van der Waals surface area contributed by atoms with Crippen molar-refractivity contribution in [2.75, 3.05) is 7.05 Å². The van der Waals surface area contributed by atoms with Gasteiger partial charge in [0.25, 0.3) is 0 Å². The predicted molar refractivity (Wildman–Crippen MR) is 57.1 cm³/mol. The molecule has 2 rings (SSSR count). The summed E-state index contributed by atoms with van der Waals surface area (Å²) >= 11 is 0. The fourth-order valence-electron chi connectivity index (χ4n) is 2.15. The maximum Gasteiger partial charge on any atom is 0.136 e. The van der Waals surface area contributed by atoms with Gasteiger partial charge in [-0.3, -0.25) is 5.01 Å². The molecular formula is C11H18FN3. The van der Waals surface area contributed by atoms with Crippen LogP contribution in [0.25, 0.3) is 0 Å². The first-order chi connectivity index (χ1) is 7.09. The van der Waals surface area contributed by atoms with Gasteiger partial charge in [0.05, 0.1) is 0 Å². The molecule has 0 fully saturated rings. The van der Waals surface area contributed by atoms with Crippen LogP contribution < -0.4 is 0 Å². The van der Waals surface area contributed by atoms with Crippen molar-refractivity contribution in [2.45, 2.75) is 50.7 Å². The number of allylic oxidation sites excluding steroid dienone is 1. The highest BCUT2D eigenvalue weighted by Crippen LogP contribution is 2.33. The molecule has 0 saturated heterocycles. The van der Waals surface area contributed by atoms with Gasteiger partial charge in [0, 0.05) is 12.7 Å². The summed E-state index contributed by atoms with van der Waals surface area (Å²) in [5, 5.41) is 9.79. The van der Waals surface area contributed by atoms with Gasteiger partial charge in [0.15, 0.2) is 0 Å². The number of fused-ring (bicyclic) bond motifs is 1. The van der Waals surface area contributed by atoms with E-state index in [0.29, 0.717) is 6.42 Å². The second kappa shape index (κ2) is 3.91. The summed E-state index contributed by atoms with van der Waals surface area (Å²) < 4.78 is 14.3. The van der Waals surface area contributed by atoms with Gasteiger partial charge < -0.3 is 0 Å². The van der Waals surface area contributed by atoms with Crippen LogP contribution in [0.5, 0.6) is 0 Å². The molecule has 0 aromatic carbocycles. The molecule has 0 N–H and O–H groups in total. The number of alkyl halides is 1. The fraction of sp³-hybridized carbons (Fsp3) is 0.818. The number of halogens is 1. The standard InChI is InChI=1S/C11H18FN3/c1-11(12)7-5-3-4-6-9-8-10(11)13-14-15(9)2/h8,10H,3-7H2,1-2H3/t10?,11-/m1/s1. The van der Waals surface area contributed by atoms with Crippen molar-refractivity contribution in [3.63, 3.8) is 0 Å². The first-order valence-corrected chi connectivity index (χ1v) is 5.64. The van der Waals surface area contributed by atoms with E-state index in [1.165, 1.54) is 0 Å². The molecule has 0 spiro atoms. The quantitative estimate of drug-likeness (QED) is 0.604. The number of hydrogen-bond acceptors (Lipinski definition) is 3. The minimum Gasteiger partial charge on any atom is -0.255 e. The molecule has 1 aliphatic heterocycles. The lowest BCUT2D eigenvalue weighted by molar-refractivity contribution is 0.141. The molecule has 0 radical (unpaired) electrons. The number of nitrogens with zero attached hydrogens (tertiary/aromatic N) is 3. The average molecular weight is 211 g/mol. The summed E-state index contributed by atoms with van der Waals surface area (Å²) in [7, 11) is 1.87. The summed E-state index contributed by atoms with van der Waals surface area (Å²) in [6.07, 6.45) is 6.68. The van der Waals surface area contributed by atoms with Crippen LogP contribution in [0.3, 0.4) is 0 Å². The molecule has 0 amide bonds. The van der Waals surface area contributed by atoms with E-state index in [1.807, 2.05) is 13.1 Å². The van der Waals surface area contributed by atoms with E-state index in [0.717, 1.165) is 31.4 Å². The lowest BCUT2D eigenvalue weighted by atomic mass is 9.93. The smallest absolute Gasteiger partial charge is 0.136 e. The highest BCUT2D eigenvalue weighted by atomic mass is 19.1. The monoisotopic (exact) mass is 211 g/mol. The van der Waals surface area contributed by atoms with Gasteiger partial charge in [0.1, 0.15) is 11.7 Å². The zero-order valence-electron chi connectivity index (χ0n) is 9.41. The Morgan fingerprint density at radius 2 is 2.27 bits per heavy atom. The Morgan fingerprint density at radius 1 is 1.47 bits per heavy atom. The third-order valence-electron chi connectivity index (χ3n) is 3.29. The molecule has 1 unspecified atom stereocenters. The number of hydrogen-bond donors (Lipinski definition) is 0. The van der Waals surface area contributed by atoms with Crippen molar-refractivity contribution in [1.29, 1.82) is 0 Å². The van der Waals surface area contributed by atoms with Crippen molar-refractivity contribution in [3.05, 3.63) is 11.8 Å². The summed E-state index contributed by atoms with van der Waals surface area (Å²) in [4.78, 5) is 0. The van der Waals surface area contributed by atoms with Crippen LogP contribution in [0.4, 0.5) is 4.39 Å². The Labute approximate surface area is 90.0 Å². The molecule has 1 aliphatic carbocycles. The van der Waals surface area contributed by atoms with E-state index in [-0.39, 0.29) is 6.04 Å². The Kier molecular flexibility index (Phi) is 2.76. The van der Waals surface area contributed by atoms with Gasteiger partial charge in [-0.25, -0.2) is 4.39 Å². The molecule has 0 aromatic heterocycles. The van der Waals surface area contributed by atoms with Crippen molar-refractivity contribution < 1.29 is 4.39 Å². The second-order valence-electron chi connectivity index (χ2n) is 4.67. The molecular weight excluding hydrogens is 193 g/mol. The van der Waals surface area contributed by atoms with E-state index >= 15 is 0 Å². The van der Waals surface area contributed by atoms with Gasteiger partial charge in [-0.15, -0.1) is 0 Å². The minimum atomic E-state index is -1.24. The molecule has 84 valence electrons. The molecule has 2 aliphatic rings. The molecule has 2 bridgehead atoms. The highest BCUT2D eigenvalue weighted by molar-refractivity contribution is 5.13. The van der Waals surface area contributed by atoms with E-state index in [1.54, 1.807) is 11.9 Å². The van der Waals surface area contributed by atoms with E-state index < -0.39 is 5.67 Å². The molecule has 3 nitrogen and oxygen atoms in total. The van der Waals surface area contributed by atoms with Gasteiger partial charge in [0.2, 0.25) is 0 Å². The highest BCUT2D eigenvalue weighted by Gasteiger charge is 2.35. The van der Waals surface area contributed by atoms with Crippen molar-refractivity contribution >= 4 is 0 Å². The van der Waals surface area contributed by atoms with Crippen LogP contribution in [0.2, 0.25) is 0 Å². The van der Waals surface area contributed by atoms with Crippen LogP contribution in [-0.4, -0.2) is 23.8 Å². The van der Waals surface area contributed by atoms with Crippen molar-refractivity contribution in [3.8, 4) is 0 Å². The molecule has 15 heavy (non-hydrogen) atoms. The number of rotatable bonds is 0. The van der Waals surface area contributed by atoms with Gasteiger partial charge in [-0.2, -0.15) is 5.11 Å². The first-order valence-electron chi connectivity index (χ1n) is 5.64. The minimum absolute atomic E-state index is 0.387. The van der Waals surface area contributed by atoms with Crippen LogP contribution in [0.1, 0.15) is 39.0 Å². The van der Waals surface area contributed by atoms with E-state index in [9.17, 15) is 4.39 Å². The zero-order chi connectivity index (χ0) is 10.9. The average Bonchev–Trinajstić information content (AvgIpc) is 2.24. The van der Waals surface area contributed by atoms with Crippen molar-refractivity contribution in [2.24, 2.45) is 10.3 Å². The largest absolute Gasteiger partial charge is 0.255 e. The zero-order valence-corrected chi connectivity index (χ0v) is 9.41.